The molecule has 1 fully saturated rings. The van der Waals surface area contributed by atoms with Crippen LogP contribution in [0.2, 0.25) is 0 Å². The fourth-order valence-corrected chi connectivity index (χ4v) is 4.94. The van der Waals surface area contributed by atoms with Crippen molar-refractivity contribution in [1.82, 2.24) is 0 Å². The highest BCUT2D eigenvalue weighted by molar-refractivity contribution is 7.27. The second kappa shape index (κ2) is 5.60. The Hall–Kier alpha value is 0.0800. The quantitative estimate of drug-likeness (QED) is 0.634. The summed E-state index contributed by atoms with van der Waals surface area (Å²) in [6.07, 6.45) is 9.68. The van der Waals surface area contributed by atoms with Gasteiger partial charge in [-0.15, -0.1) is 18.5 Å². The average Bonchev–Trinajstić information content (AvgIpc) is 2.34. The highest BCUT2D eigenvalue weighted by Gasteiger charge is 2.27. The molecule has 0 saturated heterocycles. The van der Waals surface area contributed by atoms with Gasteiger partial charge in [-0.1, -0.05) is 24.6 Å². The molecule has 4 bridgehead atoms. The Morgan fingerprint density at radius 1 is 1.00 bits per heavy atom. The van der Waals surface area contributed by atoms with Crippen LogP contribution in [0.4, 0.5) is 0 Å². The molecule has 5 atom stereocenters. The minimum atomic E-state index is 0.871. The fourth-order valence-electron chi connectivity index (χ4n) is 3.72. The lowest BCUT2D eigenvalue weighted by molar-refractivity contribution is 0.262. The Balaban J connectivity index is 1.87. The predicted molar refractivity (Wildman–Crippen MR) is 86.8 cm³/mol. The Morgan fingerprint density at radius 3 is 2.67 bits per heavy atom. The molecule has 5 aliphatic rings. The molecular formula is C16H24P2. The van der Waals surface area contributed by atoms with Crippen molar-refractivity contribution in [2.45, 2.75) is 50.6 Å². The lowest BCUT2D eigenvalue weighted by Gasteiger charge is -2.35. The Bertz CT molecular complexity index is 427. The summed E-state index contributed by atoms with van der Waals surface area (Å²) in [5.41, 5.74) is 3.95. The number of benzene rings is 1. The first-order valence-corrected chi connectivity index (χ1v) is 8.59. The zero-order chi connectivity index (χ0) is 12.5. The summed E-state index contributed by atoms with van der Waals surface area (Å²) < 4.78 is 0. The Morgan fingerprint density at radius 2 is 1.89 bits per heavy atom. The third kappa shape index (κ3) is 2.81. The van der Waals surface area contributed by atoms with Crippen molar-refractivity contribution in [3.8, 4) is 0 Å². The van der Waals surface area contributed by atoms with Gasteiger partial charge in [-0.05, 0) is 72.5 Å². The van der Waals surface area contributed by atoms with Crippen LogP contribution in [0.3, 0.4) is 0 Å². The molecule has 0 spiro atoms. The van der Waals surface area contributed by atoms with Crippen molar-refractivity contribution >= 4 is 23.8 Å². The smallest absolute Gasteiger partial charge is 0.0233 e. The molecule has 1 saturated carbocycles. The lowest BCUT2D eigenvalue weighted by atomic mass is 9.76. The molecular weight excluding hydrogens is 254 g/mol. The summed E-state index contributed by atoms with van der Waals surface area (Å²) in [5, 5.41) is 1.44. The molecule has 5 aliphatic carbocycles. The van der Waals surface area contributed by atoms with Crippen LogP contribution < -0.4 is 5.30 Å². The van der Waals surface area contributed by atoms with Crippen LogP contribution in [0.15, 0.2) is 18.2 Å². The van der Waals surface area contributed by atoms with Gasteiger partial charge in [-0.3, -0.25) is 0 Å². The monoisotopic (exact) mass is 278 g/mol. The van der Waals surface area contributed by atoms with Crippen LogP contribution in [0.25, 0.3) is 0 Å². The summed E-state index contributed by atoms with van der Waals surface area (Å²) in [4.78, 5) is 0. The molecule has 2 heteroatoms. The van der Waals surface area contributed by atoms with Crippen LogP contribution in [-0.4, -0.2) is 5.66 Å². The van der Waals surface area contributed by atoms with E-state index in [1.54, 1.807) is 5.56 Å². The van der Waals surface area contributed by atoms with Gasteiger partial charge in [0.15, 0.2) is 0 Å². The van der Waals surface area contributed by atoms with Crippen LogP contribution >= 0.6 is 18.5 Å². The molecule has 0 aromatic heterocycles. The van der Waals surface area contributed by atoms with Crippen molar-refractivity contribution in [2.24, 2.45) is 11.8 Å². The van der Waals surface area contributed by atoms with Gasteiger partial charge in [0.05, 0.1) is 0 Å². The molecule has 0 amide bonds. The predicted octanol–water partition coefficient (Wildman–Crippen LogP) is 3.73. The van der Waals surface area contributed by atoms with Gasteiger partial charge in [0.25, 0.3) is 0 Å². The molecule has 2 unspecified atom stereocenters. The first-order valence-electron chi connectivity index (χ1n) is 7.35. The summed E-state index contributed by atoms with van der Waals surface area (Å²) >= 11 is 0. The van der Waals surface area contributed by atoms with Gasteiger partial charge in [0.1, 0.15) is 0 Å². The largest absolute Gasteiger partial charge is 0.134 e. The van der Waals surface area contributed by atoms with Crippen molar-refractivity contribution in [3.63, 3.8) is 0 Å². The summed E-state index contributed by atoms with van der Waals surface area (Å²) in [5.74, 6) is 1.91. The maximum atomic E-state index is 3.14. The highest BCUT2D eigenvalue weighted by atomic mass is 31.0. The number of rotatable bonds is 0. The first kappa shape index (κ1) is 13.1. The van der Waals surface area contributed by atoms with E-state index in [0.717, 1.165) is 17.5 Å². The van der Waals surface area contributed by atoms with E-state index in [-0.39, 0.29) is 0 Å². The molecule has 0 nitrogen and oxygen atoms in total. The molecule has 98 valence electrons. The van der Waals surface area contributed by atoms with Crippen molar-refractivity contribution in [3.05, 3.63) is 29.3 Å². The number of hydrogen-bond acceptors (Lipinski definition) is 0. The summed E-state index contributed by atoms with van der Waals surface area (Å²) in [6.45, 7) is 0. The molecule has 0 heterocycles. The fraction of sp³-hybridized carbons (Fsp3) is 0.625. The van der Waals surface area contributed by atoms with Crippen LogP contribution in [0, 0.1) is 11.8 Å². The minimum absolute atomic E-state index is 0.871. The minimum Gasteiger partial charge on any atom is -0.134 e. The van der Waals surface area contributed by atoms with E-state index >= 15 is 0 Å². The van der Waals surface area contributed by atoms with Crippen LogP contribution in [0.1, 0.15) is 43.2 Å². The van der Waals surface area contributed by atoms with Crippen molar-refractivity contribution in [2.75, 3.05) is 0 Å². The maximum Gasteiger partial charge on any atom is -0.0233 e. The molecule has 6 rings (SSSR count). The third-order valence-corrected chi connectivity index (χ3v) is 6.35. The highest BCUT2D eigenvalue weighted by Crippen LogP contribution is 2.38. The van der Waals surface area contributed by atoms with Gasteiger partial charge < -0.3 is 0 Å². The Labute approximate surface area is 116 Å². The second-order valence-electron chi connectivity index (χ2n) is 6.21. The van der Waals surface area contributed by atoms with E-state index in [1.165, 1.54) is 55.8 Å². The Kier molecular flexibility index (Phi) is 4.07. The van der Waals surface area contributed by atoms with Crippen molar-refractivity contribution in [1.29, 1.82) is 0 Å². The van der Waals surface area contributed by atoms with Gasteiger partial charge in [-0.25, -0.2) is 0 Å². The molecule has 1 aromatic rings. The van der Waals surface area contributed by atoms with Crippen LogP contribution in [0.5, 0.6) is 0 Å². The van der Waals surface area contributed by atoms with E-state index in [2.05, 4.69) is 36.7 Å². The molecule has 0 radical (unpaired) electrons. The second-order valence-corrected chi connectivity index (χ2v) is 7.69. The van der Waals surface area contributed by atoms with Crippen molar-refractivity contribution < 1.29 is 0 Å². The summed E-state index contributed by atoms with van der Waals surface area (Å²) in [6, 6.07) is 7.12. The van der Waals surface area contributed by atoms with Gasteiger partial charge in [0, 0.05) is 0 Å². The van der Waals surface area contributed by atoms with E-state index in [9.17, 15) is 0 Å². The van der Waals surface area contributed by atoms with Gasteiger partial charge in [0.2, 0.25) is 0 Å². The standard InChI is InChI=1S/C16H24P2/c17-15-9-11-1-5-13(15)8-4-12-2-6-14(7-3-11)16(18)10-12/h1,5,9,12,14,16H,2-4,6-8,10,17-18H2/t12-,14+,16+/m1/s1. The zero-order valence-electron chi connectivity index (χ0n) is 11.1. The van der Waals surface area contributed by atoms with Gasteiger partial charge in [-0.2, -0.15) is 0 Å². The topological polar surface area (TPSA) is 0 Å². The van der Waals surface area contributed by atoms with Gasteiger partial charge >= 0.3 is 0 Å². The van der Waals surface area contributed by atoms with E-state index < -0.39 is 0 Å². The number of hydrogen-bond donors (Lipinski definition) is 0. The van der Waals surface area contributed by atoms with E-state index in [4.69, 9.17) is 0 Å². The molecule has 0 aliphatic heterocycles. The maximum absolute atomic E-state index is 3.14. The SMILES string of the molecule is Pc1cc2ccc1CC[C@H]1CC[C@@H](CC2)[C@@H](P)C1. The van der Waals surface area contributed by atoms with E-state index in [1.807, 2.05) is 0 Å². The summed E-state index contributed by atoms with van der Waals surface area (Å²) in [7, 11) is 6.08. The number of aryl methyl sites for hydroxylation is 2. The molecule has 18 heavy (non-hydrogen) atoms. The lowest BCUT2D eigenvalue weighted by Crippen LogP contribution is -2.26. The molecule has 0 N–H and O–H groups in total. The van der Waals surface area contributed by atoms with Crippen LogP contribution in [-0.2, 0) is 12.8 Å². The third-order valence-electron chi connectivity index (χ3n) is 4.99. The first-order chi connectivity index (χ1) is 8.72. The average molecular weight is 278 g/mol. The zero-order valence-corrected chi connectivity index (χ0v) is 13.4. The molecule has 1 aromatic carbocycles. The van der Waals surface area contributed by atoms with E-state index in [0.29, 0.717) is 0 Å². The normalized spacial score (nSPS) is 32.0.